The molecule has 0 radical (unpaired) electrons. The van der Waals surface area contributed by atoms with Crippen molar-refractivity contribution >= 4 is 24.8 Å². The maximum absolute atomic E-state index is 12.9. The molecule has 4 nitrogen and oxygen atoms in total. The summed E-state index contributed by atoms with van der Waals surface area (Å²) in [6.07, 6.45) is -5.33. The number of halogens is 5. The van der Waals surface area contributed by atoms with Crippen molar-refractivity contribution in [1.29, 1.82) is 0 Å². The van der Waals surface area contributed by atoms with Crippen LogP contribution in [0.25, 0.3) is 0 Å². The van der Waals surface area contributed by atoms with Gasteiger partial charge in [-0.1, -0.05) is 6.07 Å². The molecular formula is C14H21Cl2F3N2O2. The molecule has 23 heavy (non-hydrogen) atoms. The van der Waals surface area contributed by atoms with E-state index in [1.54, 1.807) is 17.0 Å². The second-order valence-electron chi connectivity index (χ2n) is 5.01. The molecule has 1 aliphatic heterocycles. The normalized spacial score (nSPS) is 16.9. The number of methoxy groups -OCH3 is 1. The second kappa shape index (κ2) is 9.42. The molecule has 0 amide bonds. The van der Waals surface area contributed by atoms with Crippen LogP contribution in [0.1, 0.15) is 18.0 Å². The van der Waals surface area contributed by atoms with Gasteiger partial charge in [-0.2, -0.15) is 13.2 Å². The van der Waals surface area contributed by atoms with Crippen LogP contribution in [0.5, 0.6) is 11.5 Å². The zero-order valence-corrected chi connectivity index (χ0v) is 14.2. The van der Waals surface area contributed by atoms with Gasteiger partial charge < -0.3 is 15.2 Å². The fourth-order valence-electron chi connectivity index (χ4n) is 2.67. The number of alkyl halides is 3. The zero-order chi connectivity index (χ0) is 15.5. The molecule has 1 saturated heterocycles. The Kier molecular flexibility index (Phi) is 9.05. The van der Waals surface area contributed by atoms with Crippen molar-refractivity contribution in [3.8, 4) is 11.5 Å². The first-order valence-electron chi connectivity index (χ1n) is 6.80. The monoisotopic (exact) mass is 376 g/mol. The van der Waals surface area contributed by atoms with E-state index in [0.29, 0.717) is 26.2 Å². The number of benzene rings is 1. The Morgan fingerprint density at radius 1 is 1.26 bits per heavy atom. The van der Waals surface area contributed by atoms with Gasteiger partial charge in [-0.15, -0.1) is 24.8 Å². The average molecular weight is 377 g/mol. The Labute approximate surface area is 145 Å². The molecule has 1 aromatic carbocycles. The van der Waals surface area contributed by atoms with Crippen molar-refractivity contribution in [2.45, 2.75) is 18.6 Å². The van der Waals surface area contributed by atoms with Gasteiger partial charge in [0.1, 0.15) is 11.5 Å². The molecule has 0 saturated carbocycles. The smallest absolute Gasteiger partial charge is 0.390 e. The van der Waals surface area contributed by atoms with Crippen molar-refractivity contribution in [3.05, 3.63) is 23.8 Å². The van der Waals surface area contributed by atoms with Gasteiger partial charge in [0.15, 0.2) is 0 Å². The number of phenolic OH excluding ortho intramolecular Hbond substituents is 1. The lowest BCUT2D eigenvalue weighted by Crippen LogP contribution is -2.46. The highest BCUT2D eigenvalue weighted by atomic mass is 35.5. The number of piperazine rings is 1. The number of hydrogen-bond acceptors (Lipinski definition) is 4. The van der Waals surface area contributed by atoms with Crippen LogP contribution in [0.4, 0.5) is 13.2 Å². The summed E-state index contributed by atoms with van der Waals surface area (Å²) in [4.78, 5) is 1.74. The van der Waals surface area contributed by atoms with E-state index in [2.05, 4.69) is 5.32 Å². The standard InChI is InChI=1S/C14H19F3N2O2.2ClH/c1-21-12-4-2-3-11(20)13(12)10(9-14(15,16)17)19-7-5-18-6-8-19;;/h2-4,10,18,20H,5-9H2,1H3;2*1H/t10-;;/m0../s1. The third-order valence-corrected chi connectivity index (χ3v) is 3.61. The summed E-state index contributed by atoms with van der Waals surface area (Å²) in [6.45, 7) is 2.25. The molecule has 134 valence electrons. The highest BCUT2D eigenvalue weighted by Gasteiger charge is 2.38. The summed E-state index contributed by atoms with van der Waals surface area (Å²) in [5.41, 5.74) is 0.208. The third-order valence-electron chi connectivity index (χ3n) is 3.61. The number of nitrogens with zero attached hydrogens (tertiary/aromatic N) is 1. The van der Waals surface area contributed by atoms with Gasteiger partial charge >= 0.3 is 6.18 Å². The van der Waals surface area contributed by atoms with Crippen LogP contribution in [0.15, 0.2) is 18.2 Å². The Morgan fingerprint density at radius 3 is 2.39 bits per heavy atom. The van der Waals surface area contributed by atoms with E-state index in [1.807, 2.05) is 0 Å². The number of phenols is 1. The van der Waals surface area contributed by atoms with Crippen molar-refractivity contribution in [1.82, 2.24) is 10.2 Å². The number of aromatic hydroxyl groups is 1. The first-order chi connectivity index (χ1) is 9.92. The molecule has 1 atom stereocenters. The van der Waals surface area contributed by atoms with Crippen LogP contribution in [0, 0.1) is 0 Å². The molecule has 9 heteroatoms. The lowest BCUT2D eigenvalue weighted by Gasteiger charge is -2.36. The summed E-state index contributed by atoms with van der Waals surface area (Å²) in [5.74, 6) is 0.116. The average Bonchev–Trinajstić information content (AvgIpc) is 2.45. The van der Waals surface area contributed by atoms with Gasteiger partial charge in [-0.25, -0.2) is 0 Å². The number of ether oxygens (including phenoxy) is 1. The summed E-state index contributed by atoms with van der Waals surface area (Å²) in [7, 11) is 1.39. The van der Waals surface area contributed by atoms with E-state index in [1.165, 1.54) is 13.2 Å². The maximum Gasteiger partial charge on any atom is 0.390 e. The van der Waals surface area contributed by atoms with Crippen LogP contribution in [0.3, 0.4) is 0 Å². The van der Waals surface area contributed by atoms with Crippen molar-refractivity contribution in [3.63, 3.8) is 0 Å². The van der Waals surface area contributed by atoms with Gasteiger partial charge in [0.25, 0.3) is 0 Å². The van der Waals surface area contributed by atoms with Gasteiger partial charge in [0, 0.05) is 26.2 Å². The third kappa shape index (κ3) is 5.91. The van der Waals surface area contributed by atoms with E-state index in [-0.39, 0.29) is 41.9 Å². The van der Waals surface area contributed by atoms with Crippen molar-refractivity contribution < 1.29 is 23.0 Å². The minimum Gasteiger partial charge on any atom is -0.507 e. The van der Waals surface area contributed by atoms with Crippen molar-refractivity contribution in [2.24, 2.45) is 0 Å². The molecular weight excluding hydrogens is 356 g/mol. The van der Waals surface area contributed by atoms with Crippen LogP contribution < -0.4 is 10.1 Å². The lowest BCUT2D eigenvalue weighted by atomic mass is 9.98. The van der Waals surface area contributed by atoms with E-state index < -0.39 is 18.6 Å². The first-order valence-corrected chi connectivity index (χ1v) is 6.80. The molecule has 0 aliphatic carbocycles. The first kappa shape index (κ1) is 22.1. The van der Waals surface area contributed by atoms with Gasteiger partial charge in [0.2, 0.25) is 0 Å². The molecule has 1 aromatic rings. The topological polar surface area (TPSA) is 44.7 Å². The summed E-state index contributed by atoms with van der Waals surface area (Å²) in [6, 6.07) is 3.58. The number of hydrogen-bond donors (Lipinski definition) is 2. The Balaban J connectivity index is 0.00000242. The largest absolute Gasteiger partial charge is 0.507 e. The van der Waals surface area contributed by atoms with Crippen molar-refractivity contribution in [2.75, 3.05) is 33.3 Å². The minimum atomic E-state index is -4.32. The van der Waals surface area contributed by atoms with E-state index in [4.69, 9.17) is 4.74 Å². The van der Waals surface area contributed by atoms with Crippen LogP contribution in [0.2, 0.25) is 0 Å². The fraction of sp³-hybridized carbons (Fsp3) is 0.571. The quantitative estimate of drug-likeness (QED) is 0.847. The second-order valence-corrected chi connectivity index (χ2v) is 5.01. The van der Waals surface area contributed by atoms with Crippen LogP contribution >= 0.6 is 24.8 Å². The SMILES string of the molecule is COc1cccc(O)c1[C@H](CC(F)(F)F)N1CCNCC1.Cl.Cl. The lowest BCUT2D eigenvalue weighted by molar-refractivity contribution is -0.149. The Bertz CT molecular complexity index is 484. The zero-order valence-electron chi connectivity index (χ0n) is 12.6. The molecule has 1 heterocycles. The summed E-state index contributed by atoms with van der Waals surface area (Å²) >= 11 is 0. The predicted octanol–water partition coefficient (Wildman–Crippen LogP) is 3.14. The molecule has 0 bridgehead atoms. The Hall–Kier alpha value is -0.890. The number of nitrogens with one attached hydrogen (secondary N) is 1. The molecule has 1 aliphatic rings. The predicted molar refractivity (Wildman–Crippen MR) is 87.0 cm³/mol. The fourth-order valence-corrected chi connectivity index (χ4v) is 2.67. The van der Waals surface area contributed by atoms with Crippen LogP contribution in [-0.2, 0) is 0 Å². The maximum atomic E-state index is 12.9. The van der Waals surface area contributed by atoms with E-state index >= 15 is 0 Å². The minimum absolute atomic E-state index is 0. The molecule has 2 N–H and O–H groups in total. The highest BCUT2D eigenvalue weighted by Crippen LogP contribution is 2.42. The molecule has 0 spiro atoms. The Morgan fingerprint density at radius 2 is 1.87 bits per heavy atom. The molecule has 1 fully saturated rings. The van der Waals surface area contributed by atoms with Gasteiger partial charge in [-0.3, -0.25) is 4.90 Å². The molecule has 2 rings (SSSR count). The number of rotatable bonds is 4. The highest BCUT2D eigenvalue weighted by molar-refractivity contribution is 5.85. The van der Waals surface area contributed by atoms with E-state index in [9.17, 15) is 18.3 Å². The van der Waals surface area contributed by atoms with Gasteiger partial charge in [-0.05, 0) is 12.1 Å². The molecule has 0 aromatic heterocycles. The summed E-state index contributed by atoms with van der Waals surface area (Å²) < 4.78 is 44.0. The summed E-state index contributed by atoms with van der Waals surface area (Å²) in [5, 5.41) is 13.1. The van der Waals surface area contributed by atoms with E-state index in [0.717, 1.165) is 0 Å². The van der Waals surface area contributed by atoms with Crippen LogP contribution in [-0.4, -0.2) is 49.5 Å². The van der Waals surface area contributed by atoms with Gasteiger partial charge in [0.05, 0.1) is 25.1 Å². The molecule has 0 unspecified atom stereocenters.